The predicted molar refractivity (Wildman–Crippen MR) is 273 cm³/mol. The molecule has 5 heterocycles. The average Bonchev–Trinajstić information content (AvgIpc) is 3.90. The van der Waals surface area contributed by atoms with Crippen molar-refractivity contribution in [3.8, 4) is 44.9 Å². The Hall–Kier alpha value is -6.85. The Morgan fingerprint density at radius 2 is 1.21 bits per heavy atom. The second-order valence-corrected chi connectivity index (χ2v) is 18.2. The third kappa shape index (κ3) is 9.76. The number of nitrogens with zero attached hydrogens (tertiary/aromatic N) is 4. The van der Waals surface area contributed by atoms with Gasteiger partial charge in [-0.1, -0.05) is 106 Å². The summed E-state index contributed by atoms with van der Waals surface area (Å²) in [5.41, 5.74) is 7.25. The van der Waals surface area contributed by atoms with E-state index >= 15 is 0 Å². The van der Waals surface area contributed by atoms with Crippen LogP contribution >= 0.6 is 0 Å². The Balaban J connectivity index is 0.00000740. The van der Waals surface area contributed by atoms with Crippen LogP contribution in [-0.2, 0) is 56.5 Å². The number of rotatable bonds is 13. The minimum atomic E-state index is -2.86. The monoisotopic (exact) mass is 1070 g/mol. The topological polar surface area (TPSA) is 64.7 Å². The van der Waals surface area contributed by atoms with Crippen LogP contribution in [0.5, 0.6) is 0 Å². The number of aromatic nitrogens is 4. The molecule has 5 nitrogen and oxygen atoms in total. The number of pyridine rings is 4. The number of fused-ring (bicyclic) bond motifs is 3. The van der Waals surface area contributed by atoms with Crippen LogP contribution in [0.1, 0.15) is 86.0 Å². The van der Waals surface area contributed by atoms with Crippen molar-refractivity contribution in [3.05, 3.63) is 227 Å². The van der Waals surface area contributed by atoms with E-state index in [0.29, 0.717) is 34.9 Å². The van der Waals surface area contributed by atoms with Crippen LogP contribution in [0.2, 0.25) is 0 Å². The molecule has 6 heteroatoms. The van der Waals surface area contributed by atoms with Gasteiger partial charge in [0.2, 0.25) is 0 Å². The summed E-state index contributed by atoms with van der Waals surface area (Å²) >= 11 is 0. The van der Waals surface area contributed by atoms with Crippen molar-refractivity contribution in [3.63, 3.8) is 0 Å². The average molecular weight is 1070 g/mol. The third-order valence-electron chi connectivity index (χ3n) is 12.4. The maximum absolute atomic E-state index is 10.0. The predicted octanol–water partition coefficient (Wildman–Crippen LogP) is 14.7. The summed E-state index contributed by atoms with van der Waals surface area (Å²) in [7, 11) is 0. The zero-order valence-electron chi connectivity index (χ0n) is 48.0. The van der Waals surface area contributed by atoms with Gasteiger partial charge in [0.15, 0.2) is 0 Å². The molecule has 0 fully saturated rings. The first-order valence-corrected chi connectivity index (χ1v) is 22.3. The molecule has 0 radical (unpaired) electrons. The first-order chi connectivity index (χ1) is 36.4. The molecular weight excluding hydrogens is 1010 g/mol. The molecule has 10 aromatic rings. The van der Waals surface area contributed by atoms with Gasteiger partial charge in [-0.25, -0.2) is 0 Å². The molecule has 0 saturated carbocycles. The molecule has 0 aliphatic carbocycles. The molecule has 0 saturated heterocycles. The minimum absolute atomic E-state index is 0. The van der Waals surface area contributed by atoms with Gasteiger partial charge in [-0.3, -0.25) is 4.98 Å². The zero-order chi connectivity index (χ0) is 54.7. The summed E-state index contributed by atoms with van der Waals surface area (Å²) in [6.07, 6.45) is 0.260. The number of benzene rings is 5. The molecule has 0 aliphatic rings. The second-order valence-electron chi connectivity index (χ2n) is 18.2. The molecule has 0 N–H and O–H groups in total. The quantitative estimate of drug-likeness (QED) is 0.108. The maximum Gasteiger partial charge on any atom is 3.00 e. The van der Waals surface area contributed by atoms with Gasteiger partial charge in [0.25, 0.3) is 0 Å². The maximum atomic E-state index is 10.0. The van der Waals surface area contributed by atoms with Crippen LogP contribution in [0, 0.1) is 31.9 Å². The normalized spacial score (nSPS) is 14.8. The molecule has 0 unspecified atom stereocenters. The zero-order valence-corrected chi connectivity index (χ0v) is 40.4. The third-order valence-corrected chi connectivity index (χ3v) is 12.4. The van der Waals surface area contributed by atoms with Crippen LogP contribution < -0.4 is 0 Å². The standard InChI is InChI=1S/C62H53N4O.Ir/c1-41-16-13-14-21-51(41)54-35-57(52-22-15-23-53-59-58(67-60(52)53)31-24-42(2)66-59)63-38-48(54)26-25-43-32-44(36-61(3,4)49-27-29-55(64-39-49)46-17-9-7-10-18-46)34-45(33-43)37-62(5,6)50-28-30-56(65-40-50)47-19-11-8-12-20-47;/h7-17,19,21,23-24,27-35,38-40H,25-26,36-37H2,1-6H3;/q-3;+3/i1D3,2D3,25D2,26D2;. The van der Waals surface area contributed by atoms with E-state index < -0.39 is 37.3 Å². The van der Waals surface area contributed by atoms with Crippen LogP contribution in [0.4, 0.5) is 0 Å². The van der Waals surface area contributed by atoms with Crippen molar-refractivity contribution < 1.29 is 38.2 Å². The molecule has 0 bridgehead atoms. The molecule has 0 amide bonds. The minimum Gasteiger partial charge on any atom is -0.499 e. The first-order valence-electron chi connectivity index (χ1n) is 27.3. The van der Waals surface area contributed by atoms with E-state index in [1.54, 1.807) is 54.6 Å². The molecule has 68 heavy (non-hydrogen) atoms. The molecule has 5 aromatic heterocycles. The summed E-state index contributed by atoms with van der Waals surface area (Å²) in [6, 6.07) is 52.7. The van der Waals surface area contributed by atoms with Gasteiger partial charge in [0.1, 0.15) is 5.58 Å². The molecular formula is C62H53IrN4O. The van der Waals surface area contributed by atoms with E-state index in [9.17, 15) is 5.48 Å². The van der Waals surface area contributed by atoms with E-state index in [1.165, 1.54) is 18.3 Å². The summed E-state index contributed by atoms with van der Waals surface area (Å²) in [5.74, 6) is 0. The number of furan rings is 1. The van der Waals surface area contributed by atoms with E-state index in [1.807, 2.05) is 85.2 Å². The largest absolute Gasteiger partial charge is 3.00 e. The van der Waals surface area contributed by atoms with Gasteiger partial charge in [-0.05, 0) is 135 Å². The van der Waals surface area contributed by atoms with Crippen LogP contribution in [0.15, 0.2) is 169 Å². The molecule has 10 rings (SSSR count). The Morgan fingerprint density at radius 3 is 1.81 bits per heavy atom. The Bertz CT molecular complexity index is 3670. The summed E-state index contributed by atoms with van der Waals surface area (Å²) in [5, 5.41) is 0.488. The van der Waals surface area contributed by atoms with E-state index in [2.05, 4.69) is 56.9 Å². The van der Waals surface area contributed by atoms with Crippen LogP contribution in [0.3, 0.4) is 0 Å². The molecule has 0 atom stereocenters. The summed E-state index contributed by atoms with van der Waals surface area (Å²) in [6.45, 7) is 3.32. The summed E-state index contributed by atoms with van der Waals surface area (Å²) < 4.78 is 96.1. The van der Waals surface area contributed by atoms with E-state index in [4.69, 9.17) is 27.6 Å². The van der Waals surface area contributed by atoms with Crippen LogP contribution in [-0.4, -0.2) is 19.9 Å². The van der Waals surface area contributed by atoms with Gasteiger partial charge < -0.3 is 19.4 Å². The Labute approximate surface area is 428 Å². The molecule has 0 aliphatic heterocycles. The van der Waals surface area contributed by atoms with Gasteiger partial charge in [0.05, 0.1) is 11.1 Å². The van der Waals surface area contributed by atoms with Crippen molar-refractivity contribution in [1.29, 1.82) is 0 Å². The van der Waals surface area contributed by atoms with E-state index in [-0.39, 0.29) is 64.9 Å². The van der Waals surface area contributed by atoms with E-state index in [0.717, 1.165) is 44.8 Å². The van der Waals surface area contributed by atoms with Gasteiger partial charge >= 0.3 is 20.1 Å². The van der Waals surface area contributed by atoms with Crippen molar-refractivity contribution in [2.24, 2.45) is 0 Å². The van der Waals surface area contributed by atoms with Gasteiger partial charge in [0, 0.05) is 38.0 Å². The first kappa shape index (κ1) is 35.3. The number of aryl methyl sites for hydroxylation is 4. The smallest absolute Gasteiger partial charge is 0.499 e. The van der Waals surface area contributed by atoms with Gasteiger partial charge in [-0.2, -0.15) is 0 Å². The fourth-order valence-electron chi connectivity index (χ4n) is 8.85. The fourth-order valence-corrected chi connectivity index (χ4v) is 8.85. The molecule has 5 aromatic carbocycles. The second kappa shape index (κ2) is 19.4. The Morgan fingerprint density at radius 1 is 0.574 bits per heavy atom. The van der Waals surface area contributed by atoms with Crippen molar-refractivity contribution in [2.45, 2.75) is 77.8 Å². The molecule has 336 valence electrons. The SMILES string of the molecule is [2H]C([2H])([2H])c1ccc2oc3c(-c4cc(-c5ccccc5C([2H])([2H])[2H])c(C([2H])([2H])C([2H])([2H])c5cc(CC(C)(C)c6ccc(-c7[c-]cccc7)nc6)cc(CC(C)(C)c6ccc(-c7[c-]cccc7)nc6)c5)cn4)[c-]ccc3c2n1.[Ir+3]. The Kier molecular flexibility index (Phi) is 10.1. The van der Waals surface area contributed by atoms with Crippen molar-refractivity contribution >= 4 is 22.1 Å². The van der Waals surface area contributed by atoms with Crippen LogP contribution in [0.25, 0.3) is 67.0 Å². The van der Waals surface area contributed by atoms with Gasteiger partial charge in [-0.15, -0.1) is 90.0 Å². The van der Waals surface area contributed by atoms with Crippen molar-refractivity contribution in [2.75, 3.05) is 0 Å². The number of hydrogen-bond donors (Lipinski definition) is 0. The number of hydrogen-bond acceptors (Lipinski definition) is 5. The van der Waals surface area contributed by atoms with Crippen molar-refractivity contribution in [1.82, 2.24) is 19.9 Å². The fraction of sp³-hybridized carbons (Fsp3) is 0.194. The summed E-state index contributed by atoms with van der Waals surface area (Å²) in [4.78, 5) is 18.8. The molecule has 0 spiro atoms.